The molecule has 2 rings (SSSR count). The number of carbonyl (C=O) groups is 1. The van der Waals surface area contributed by atoms with Crippen LogP contribution in [0.4, 0.5) is 0 Å². The van der Waals surface area contributed by atoms with Crippen molar-refractivity contribution >= 4 is 27.3 Å². The number of carbonyl (C=O) groups excluding carboxylic acids is 1. The normalized spacial score (nSPS) is 17.3. The minimum absolute atomic E-state index is 0.0705. The van der Waals surface area contributed by atoms with Gasteiger partial charge in [0.25, 0.3) is 10.0 Å². The largest absolute Gasteiger partial charge is 0.356 e. The van der Waals surface area contributed by atoms with E-state index in [2.05, 4.69) is 10.6 Å². The highest BCUT2D eigenvalue weighted by molar-refractivity contribution is 7.91. The molecule has 1 aliphatic rings. The number of nitrogens with one attached hydrogen (secondary N) is 2. The molecule has 0 aliphatic carbocycles. The Morgan fingerprint density at radius 1 is 1.35 bits per heavy atom. The lowest BCUT2D eigenvalue weighted by atomic mass is 9.98. The Balaban J connectivity index is 1.95. The van der Waals surface area contributed by atoms with E-state index in [-0.39, 0.29) is 5.91 Å². The van der Waals surface area contributed by atoms with Crippen LogP contribution in [0.1, 0.15) is 24.6 Å². The number of rotatable bonds is 7. The molecule has 130 valence electrons. The van der Waals surface area contributed by atoms with E-state index in [0.717, 1.165) is 24.3 Å². The number of nitrogens with zero attached hydrogens (tertiary/aromatic N) is 1. The van der Waals surface area contributed by atoms with Crippen LogP contribution < -0.4 is 10.6 Å². The van der Waals surface area contributed by atoms with Crippen LogP contribution in [0.25, 0.3) is 0 Å². The summed E-state index contributed by atoms with van der Waals surface area (Å²) in [6, 6.07) is 3.52. The van der Waals surface area contributed by atoms with Crippen LogP contribution in [0.3, 0.4) is 0 Å². The first-order valence-electron chi connectivity index (χ1n) is 7.91. The first-order chi connectivity index (χ1) is 10.9. The molecule has 1 amide bonds. The highest BCUT2D eigenvalue weighted by atomic mass is 32.2. The average Bonchev–Trinajstić information content (AvgIpc) is 2.97. The zero-order chi connectivity index (χ0) is 16.9. The highest BCUT2D eigenvalue weighted by Crippen LogP contribution is 2.28. The summed E-state index contributed by atoms with van der Waals surface area (Å²) in [7, 11) is -1.45. The molecule has 0 aromatic carbocycles. The SMILES string of the molecule is CNCC1CCN(S(=O)(=O)c2ccc(CCNC(C)=O)s2)CC1. The van der Waals surface area contributed by atoms with Gasteiger partial charge < -0.3 is 10.6 Å². The fourth-order valence-corrected chi connectivity index (χ4v) is 5.74. The van der Waals surface area contributed by atoms with Gasteiger partial charge >= 0.3 is 0 Å². The first-order valence-corrected chi connectivity index (χ1v) is 10.2. The van der Waals surface area contributed by atoms with Gasteiger partial charge in [0.05, 0.1) is 0 Å². The van der Waals surface area contributed by atoms with Crippen LogP contribution in [0, 0.1) is 5.92 Å². The molecule has 1 aliphatic heterocycles. The Bertz CT molecular complexity index is 620. The quantitative estimate of drug-likeness (QED) is 0.763. The molecule has 0 atom stereocenters. The maximum Gasteiger partial charge on any atom is 0.252 e. The molecule has 1 aromatic rings. The fourth-order valence-electron chi connectivity index (χ4n) is 2.76. The van der Waals surface area contributed by atoms with Crippen molar-refractivity contribution in [2.75, 3.05) is 33.2 Å². The maximum absolute atomic E-state index is 12.7. The predicted molar refractivity (Wildman–Crippen MR) is 92.1 cm³/mol. The number of sulfonamides is 1. The Labute approximate surface area is 142 Å². The van der Waals surface area contributed by atoms with E-state index in [1.54, 1.807) is 10.4 Å². The molecule has 2 N–H and O–H groups in total. The van der Waals surface area contributed by atoms with Gasteiger partial charge in [0, 0.05) is 31.4 Å². The minimum Gasteiger partial charge on any atom is -0.356 e. The molecule has 2 heterocycles. The first kappa shape index (κ1) is 18.4. The van der Waals surface area contributed by atoms with Gasteiger partial charge in [-0.25, -0.2) is 8.42 Å². The number of hydrogen-bond donors (Lipinski definition) is 2. The lowest BCUT2D eigenvalue weighted by Gasteiger charge is -2.30. The number of piperidine rings is 1. The summed E-state index contributed by atoms with van der Waals surface area (Å²) in [5.41, 5.74) is 0. The summed E-state index contributed by atoms with van der Waals surface area (Å²) < 4.78 is 27.4. The highest BCUT2D eigenvalue weighted by Gasteiger charge is 2.30. The van der Waals surface area contributed by atoms with Gasteiger partial charge in [0.2, 0.25) is 5.91 Å². The zero-order valence-electron chi connectivity index (χ0n) is 13.7. The van der Waals surface area contributed by atoms with Crippen molar-refractivity contribution < 1.29 is 13.2 Å². The summed E-state index contributed by atoms with van der Waals surface area (Å²) in [4.78, 5) is 11.8. The molecule has 0 bridgehead atoms. The lowest BCUT2D eigenvalue weighted by Crippen LogP contribution is -2.40. The molecule has 23 heavy (non-hydrogen) atoms. The molecule has 1 saturated heterocycles. The molecule has 0 unspecified atom stereocenters. The molecule has 0 saturated carbocycles. The van der Waals surface area contributed by atoms with Gasteiger partial charge in [0.15, 0.2) is 0 Å². The smallest absolute Gasteiger partial charge is 0.252 e. The molecule has 1 aromatic heterocycles. The van der Waals surface area contributed by atoms with Crippen molar-refractivity contribution in [2.45, 2.75) is 30.4 Å². The second-order valence-electron chi connectivity index (χ2n) is 5.86. The Hall–Kier alpha value is -0.960. The maximum atomic E-state index is 12.7. The van der Waals surface area contributed by atoms with Crippen molar-refractivity contribution in [1.82, 2.24) is 14.9 Å². The van der Waals surface area contributed by atoms with E-state index in [4.69, 9.17) is 0 Å². The van der Waals surface area contributed by atoms with Crippen LogP contribution in [0.2, 0.25) is 0 Å². The third kappa shape index (κ3) is 5.00. The molecule has 8 heteroatoms. The van der Waals surface area contributed by atoms with E-state index >= 15 is 0 Å². The summed E-state index contributed by atoms with van der Waals surface area (Å²) in [6.07, 6.45) is 2.46. The second-order valence-corrected chi connectivity index (χ2v) is 9.19. The monoisotopic (exact) mass is 359 g/mol. The van der Waals surface area contributed by atoms with E-state index in [9.17, 15) is 13.2 Å². The van der Waals surface area contributed by atoms with E-state index in [1.165, 1.54) is 18.3 Å². The van der Waals surface area contributed by atoms with Crippen molar-refractivity contribution in [3.05, 3.63) is 17.0 Å². The number of thiophene rings is 1. The predicted octanol–water partition coefficient (Wildman–Crippen LogP) is 1.05. The van der Waals surface area contributed by atoms with E-state index in [1.807, 2.05) is 13.1 Å². The van der Waals surface area contributed by atoms with Gasteiger partial charge in [-0.1, -0.05) is 0 Å². The summed E-state index contributed by atoms with van der Waals surface area (Å²) >= 11 is 1.30. The Morgan fingerprint density at radius 2 is 2.04 bits per heavy atom. The minimum atomic E-state index is -3.38. The summed E-state index contributed by atoms with van der Waals surface area (Å²) in [5.74, 6) is 0.488. The second kappa shape index (κ2) is 8.23. The standard InChI is InChI=1S/C15H25N3O3S2/c1-12(19)17-8-5-14-3-4-15(22-14)23(20,21)18-9-6-13(7-10-18)11-16-2/h3-4,13,16H,5-11H2,1-2H3,(H,17,19). The number of hydrogen-bond acceptors (Lipinski definition) is 5. The zero-order valence-corrected chi connectivity index (χ0v) is 15.3. The van der Waals surface area contributed by atoms with Crippen LogP contribution in [-0.2, 0) is 21.2 Å². The van der Waals surface area contributed by atoms with Crippen molar-refractivity contribution in [2.24, 2.45) is 5.92 Å². The molecule has 6 nitrogen and oxygen atoms in total. The lowest BCUT2D eigenvalue weighted by molar-refractivity contribution is -0.118. The summed E-state index contributed by atoms with van der Waals surface area (Å²) in [5, 5.41) is 5.88. The fraction of sp³-hybridized carbons (Fsp3) is 0.667. The van der Waals surface area contributed by atoms with Gasteiger partial charge in [-0.05, 0) is 50.9 Å². The van der Waals surface area contributed by atoms with Crippen LogP contribution in [0.15, 0.2) is 16.3 Å². The molecule has 1 fully saturated rings. The summed E-state index contributed by atoms with van der Waals surface area (Å²) in [6.45, 7) is 4.13. The van der Waals surface area contributed by atoms with E-state index < -0.39 is 10.0 Å². The molecular formula is C15H25N3O3S2. The van der Waals surface area contributed by atoms with Crippen LogP contribution in [-0.4, -0.2) is 51.9 Å². The van der Waals surface area contributed by atoms with Crippen molar-refractivity contribution in [1.29, 1.82) is 0 Å². The third-order valence-corrected chi connectivity index (χ3v) is 7.55. The van der Waals surface area contributed by atoms with Gasteiger partial charge in [-0.2, -0.15) is 4.31 Å². The average molecular weight is 360 g/mol. The third-order valence-electron chi connectivity index (χ3n) is 4.04. The van der Waals surface area contributed by atoms with Gasteiger partial charge in [0.1, 0.15) is 4.21 Å². The van der Waals surface area contributed by atoms with Crippen LogP contribution in [0.5, 0.6) is 0 Å². The topological polar surface area (TPSA) is 78.5 Å². The molecule has 0 radical (unpaired) electrons. The van der Waals surface area contributed by atoms with Gasteiger partial charge in [-0.15, -0.1) is 11.3 Å². The molecular weight excluding hydrogens is 334 g/mol. The number of amides is 1. The Kier molecular flexibility index (Phi) is 6.58. The van der Waals surface area contributed by atoms with Crippen LogP contribution >= 0.6 is 11.3 Å². The molecule has 0 spiro atoms. The van der Waals surface area contributed by atoms with Gasteiger partial charge in [-0.3, -0.25) is 4.79 Å². The van der Waals surface area contributed by atoms with Crippen molar-refractivity contribution in [3.8, 4) is 0 Å². The van der Waals surface area contributed by atoms with E-state index in [0.29, 0.717) is 36.2 Å². The Morgan fingerprint density at radius 3 is 2.65 bits per heavy atom. The van der Waals surface area contributed by atoms with Crippen molar-refractivity contribution in [3.63, 3.8) is 0 Å².